The summed E-state index contributed by atoms with van der Waals surface area (Å²) in [4.78, 5) is 14.6. The molecule has 7 heteroatoms. The van der Waals surface area contributed by atoms with Crippen LogP contribution in [0.4, 0.5) is 0 Å². The van der Waals surface area contributed by atoms with Crippen molar-refractivity contribution < 1.29 is 9.53 Å². The van der Waals surface area contributed by atoms with Gasteiger partial charge in [0.05, 0.1) is 23.4 Å². The number of nitrogens with one attached hydrogen (secondary N) is 1. The molecule has 6 nitrogen and oxygen atoms in total. The molecule has 1 aromatic rings. The average Bonchev–Trinajstić information content (AvgIpc) is 2.64. The van der Waals surface area contributed by atoms with E-state index in [1.165, 1.54) is 0 Å². The van der Waals surface area contributed by atoms with E-state index in [0.717, 1.165) is 43.0 Å². The van der Waals surface area contributed by atoms with Crippen molar-refractivity contribution in [3.05, 3.63) is 15.9 Å². The summed E-state index contributed by atoms with van der Waals surface area (Å²) in [6.45, 7) is 8.12. The highest BCUT2D eigenvalue weighted by Gasteiger charge is 2.21. The summed E-state index contributed by atoms with van der Waals surface area (Å²) >= 11 is 3.42. The number of ether oxygens (including phenoxy) is 1. The average molecular weight is 345 g/mol. The fourth-order valence-electron chi connectivity index (χ4n) is 2.39. The molecular formula is C13H21BrN4O2. The summed E-state index contributed by atoms with van der Waals surface area (Å²) in [5, 5.41) is 7.26. The van der Waals surface area contributed by atoms with Crippen molar-refractivity contribution in [2.24, 2.45) is 7.05 Å². The van der Waals surface area contributed by atoms with Crippen LogP contribution in [0.15, 0.2) is 4.47 Å². The van der Waals surface area contributed by atoms with Gasteiger partial charge in [0.25, 0.3) is 5.91 Å². The Morgan fingerprint density at radius 2 is 2.15 bits per heavy atom. The molecule has 1 N–H and O–H groups in total. The maximum Gasteiger partial charge on any atom is 0.270 e. The van der Waals surface area contributed by atoms with Crippen LogP contribution in [0.3, 0.4) is 0 Å². The number of hydrogen-bond donors (Lipinski definition) is 1. The molecule has 1 aromatic heterocycles. The molecule has 2 rings (SSSR count). The monoisotopic (exact) mass is 344 g/mol. The van der Waals surface area contributed by atoms with Crippen molar-refractivity contribution in [1.29, 1.82) is 0 Å². The van der Waals surface area contributed by atoms with Crippen LogP contribution in [0.2, 0.25) is 0 Å². The lowest BCUT2D eigenvalue weighted by Crippen LogP contribution is -2.46. The molecule has 0 radical (unpaired) electrons. The number of aryl methyl sites for hydroxylation is 2. The molecule has 1 fully saturated rings. The number of carbonyl (C=O) groups is 1. The van der Waals surface area contributed by atoms with Gasteiger partial charge in [-0.05, 0) is 29.8 Å². The third-order valence-corrected chi connectivity index (χ3v) is 4.33. The largest absolute Gasteiger partial charge is 0.379 e. The molecule has 1 aliphatic heterocycles. The van der Waals surface area contributed by atoms with Crippen LogP contribution in [-0.4, -0.2) is 59.5 Å². The predicted molar refractivity (Wildman–Crippen MR) is 79.8 cm³/mol. The number of rotatable bonds is 4. The Balaban J connectivity index is 1.93. The summed E-state index contributed by atoms with van der Waals surface area (Å²) in [6, 6.07) is 0.0858. The van der Waals surface area contributed by atoms with Gasteiger partial charge >= 0.3 is 0 Å². The fraction of sp³-hybridized carbons (Fsp3) is 0.692. The molecule has 2 heterocycles. The second-order valence-electron chi connectivity index (χ2n) is 5.16. The zero-order chi connectivity index (χ0) is 14.7. The number of halogens is 1. The number of aromatic nitrogens is 2. The van der Waals surface area contributed by atoms with Gasteiger partial charge in [-0.1, -0.05) is 0 Å². The first-order chi connectivity index (χ1) is 9.49. The van der Waals surface area contributed by atoms with Crippen LogP contribution in [0.1, 0.15) is 23.1 Å². The second kappa shape index (κ2) is 6.69. The summed E-state index contributed by atoms with van der Waals surface area (Å²) < 4.78 is 7.69. The van der Waals surface area contributed by atoms with E-state index in [-0.39, 0.29) is 11.9 Å². The molecule has 20 heavy (non-hydrogen) atoms. The number of morpholine rings is 1. The zero-order valence-corrected chi connectivity index (χ0v) is 13.7. The molecule has 1 aliphatic rings. The van der Waals surface area contributed by atoms with Gasteiger partial charge in [-0.2, -0.15) is 5.10 Å². The molecule has 112 valence electrons. The summed E-state index contributed by atoms with van der Waals surface area (Å²) in [5.74, 6) is -0.0965. The molecule has 0 saturated carbocycles. The zero-order valence-electron chi connectivity index (χ0n) is 12.1. The minimum absolute atomic E-state index is 0.0858. The topological polar surface area (TPSA) is 59.4 Å². The van der Waals surface area contributed by atoms with Crippen LogP contribution in [0, 0.1) is 6.92 Å². The van der Waals surface area contributed by atoms with E-state index in [9.17, 15) is 4.79 Å². The number of amides is 1. The summed E-state index contributed by atoms with van der Waals surface area (Å²) in [7, 11) is 1.78. The predicted octanol–water partition coefficient (Wildman–Crippen LogP) is 0.942. The molecule has 1 unspecified atom stereocenters. The van der Waals surface area contributed by atoms with E-state index in [1.807, 2.05) is 13.8 Å². The molecule has 0 bridgehead atoms. The third-order valence-electron chi connectivity index (χ3n) is 3.38. The lowest BCUT2D eigenvalue weighted by atomic mass is 10.2. The molecule has 1 amide bonds. The lowest BCUT2D eigenvalue weighted by molar-refractivity contribution is 0.0342. The van der Waals surface area contributed by atoms with E-state index in [2.05, 4.69) is 31.2 Å². The Kier molecular flexibility index (Phi) is 5.17. The Morgan fingerprint density at radius 3 is 2.70 bits per heavy atom. The maximum atomic E-state index is 12.3. The first-order valence-corrected chi connectivity index (χ1v) is 7.58. The minimum Gasteiger partial charge on any atom is -0.379 e. The smallest absolute Gasteiger partial charge is 0.270 e. The van der Waals surface area contributed by atoms with Crippen LogP contribution < -0.4 is 5.32 Å². The van der Waals surface area contributed by atoms with Gasteiger partial charge in [0, 0.05) is 32.7 Å². The SMILES string of the molecule is Cc1nn(C)c(C(=O)NC(C)CN2CCOCC2)c1Br. The normalized spacial score (nSPS) is 18.0. The third kappa shape index (κ3) is 3.59. The fourth-order valence-corrected chi connectivity index (χ4v) is 2.90. The van der Waals surface area contributed by atoms with Crippen molar-refractivity contribution >= 4 is 21.8 Å². The first kappa shape index (κ1) is 15.5. The van der Waals surface area contributed by atoms with Crippen LogP contribution in [0.25, 0.3) is 0 Å². The molecular weight excluding hydrogens is 324 g/mol. The van der Waals surface area contributed by atoms with E-state index in [1.54, 1.807) is 11.7 Å². The van der Waals surface area contributed by atoms with Crippen LogP contribution in [0.5, 0.6) is 0 Å². The number of nitrogens with zero attached hydrogens (tertiary/aromatic N) is 3. The lowest BCUT2D eigenvalue weighted by Gasteiger charge is -2.29. The van der Waals surface area contributed by atoms with Crippen LogP contribution in [-0.2, 0) is 11.8 Å². The molecule has 0 aromatic carbocycles. The molecule has 1 saturated heterocycles. The van der Waals surface area contributed by atoms with Gasteiger partial charge in [-0.15, -0.1) is 0 Å². The highest BCUT2D eigenvalue weighted by Crippen LogP contribution is 2.20. The van der Waals surface area contributed by atoms with Gasteiger partial charge in [-0.25, -0.2) is 0 Å². The van der Waals surface area contributed by atoms with E-state index in [0.29, 0.717) is 5.69 Å². The molecule has 1 atom stereocenters. The van der Waals surface area contributed by atoms with Crippen molar-refractivity contribution in [2.75, 3.05) is 32.8 Å². The summed E-state index contributed by atoms with van der Waals surface area (Å²) in [6.07, 6.45) is 0. The van der Waals surface area contributed by atoms with E-state index >= 15 is 0 Å². The first-order valence-electron chi connectivity index (χ1n) is 6.79. The second-order valence-corrected chi connectivity index (χ2v) is 5.95. The van der Waals surface area contributed by atoms with Crippen molar-refractivity contribution in [2.45, 2.75) is 19.9 Å². The standard InChI is InChI=1S/C13H21BrN4O2/c1-9(8-18-4-6-20-7-5-18)15-13(19)12-11(14)10(2)16-17(12)3/h9H,4-8H2,1-3H3,(H,15,19). The molecule has 0 spiro atoms. The Morgan fingerprint density at radius 1 is 1.50 bits per heavy atom. The van der Waals surface area contributed by atoms with Crippen LogP contribution >= 0.6 is 15.9 Å². The van der Waals surface area contributed by atoms with Crippen molar-refractivity contribution in [3.8, 4) is 0 Å². The Hall–Kier alpha value is -0.920. The quantitative estimate of drug-likeness (QED) is 0.883. The van der Waals surface area contributed by atoms with Gasteiger partial charge in [0.15, 0.2) is 0 Å². The van der Waals surface area contributed by atoms with Crippen molar-refractivity contribution in [3.63, 3.8) is 0 Å². The minimum atomic E-state index is -0.0965. The van der Waals surface area contributed by atoms with Gasteiger partial charge < -0.3 is 10.1 Å². The number of hydrogen-bond acceptors (Lipinski definition) is 4. The van der Waals surface area contributed by atoms with E-state index < -0.39 is 0 Å². The highest BCUT2D eigenvalue weighted by molar-refractivity contribution is 9.10. The Bertz CT molecular complexity index is 483. The molecule has 0 aliphatic carbocycles. The van der Waals surface area contributed by atoms with E-state index in [4.69, 9.17) is 4.74 Å². The highest BCUT2D eigenvalue weighted by atomic mass is 79.9. The maximum absolute atomic E-state index is 12.3. The van der Waals surface area contributed by atoms with Gasteiger partial charge in [0.2, 0.25) is 0 Å². The Labute approximate surface area is 127 Å². The number of carbonyl (C=O) groups excluding carboxylic acids is 1. The van der Waals surface area contributed by atoms with Gasteiger partial charge in [-0.3, -0.25) is 14.4 Å². The summed E-state index contributed by atoms with van der Waals surface area (Å²) in [5.41, 5.74) is 1.38. The van der Waals surface area contributed by atoms with Crippen molar-refractivity contribution in [1.82, 2.24) is 20.0 Å². The van der Waals surface area contributed by atoms with Gasteiger partial charge in [0.1, 0.15) is 5.69 Å².